The number of methoxy groups -OCH3 is 1. The highest BCUT2D eigenvalue weighted by molar-refractivity contribution is 6.70. The normalized spacial score (nSPS) is 12.3. The van der Waals surface area contributed by atoms with Crippen molar-refractivity contribution in [2.45, 2.75) is 46.2 Å². The van der Waals surface area contributed by atoms with Crippen LogP contribution in [0.3, 0.4) is 0 Å². The molecular weight excluding hydrogens is 416 g/mol. The second-order valence-corrected chi connectivity index (χ2v) is 18.2. The maximum Gasteiger partial charge on any atom is 0.342 e. The number of ether oxygens (including phenoxy) is 1. The van der Waals surface area contributed by atoms with Gasteiger partial charge in [-0.3, -0.25) is 4.79 Å². The summed E-state index contributed by atoms with van der Waals surface area (Å²) >= 11 is 0. The molecule has 0 aliphatic heterocycles. The molecule has 30 heavy (non-hydrogen) atoms. The second-order valence-electron chi connectivity index (χ2n) is 9.30. The minimum absolute atomic E-state index is 0.0904. The Morgan fingerprint density at radius 2 is 1.47 bits per heavy atom. The summed E-state index contributed by atoms with van der Waals surface area (Å²) in [5.74, 6) is 0.173. The highest BCUT2D eigenvalue weighted by atomic mass is 28.4. The van der Waals surface area contributed by atoms with Crippen molar-refractivity contribution < 1.29 is 22.8 Å². The molecule has 6 nitrogen and oxygen atoms in total. The number of esters is 1. The van der Waals surface area contributed by atoms with Gasteiger partial charge in [0.1, 0.15) is 33.6 Å². The van der Waals surface area contributed by atoms with Crippen LogP contribution in [0, 0.1) is 6.92 Å². The van der Waals surface area contributed by atoms with E-state index in [1.54, 1.807) is 18.2 Å². The third-order valence-corrected chi connectivity index (χ3v) is 5.90. The second kappa shape index (κ2) is 7.59. The Morgan fingerprint density at radius 3 is 2.03 bits per heavy atom. The summed E-state index contributed by atoms with van der Waals surface area (Å²) in [6.07, 6.45) is 0. The van der Waals surface area contributed by atoms with Crippen molar-refractivity contribution in [3.05, 3.63) is 45.6 Å². The van der Waals surface area contributed by atoms with Gasteiger partial charge in [-0.25, -0.2) is 4.79 Å². The molecule has 0 N–H and O–H groups in total. The fourth-order valence-corrected chi connectivity index (χ4v) is 4.92. The Balaban J connectivity index is 2.47. The van der Waals surface area contributed by atoms with Crippen molar-refractivity contribution in [3.63, 3.8) is 0 Å². The number of carbonyl (C=O) groups is 1. The van der Waals surface area contributed by atoms with E-state index in [1.165, 1.54) is 7.11 Å². The maximum absolute atomic E-state index is 13.7. The Kier molecular flexibility index (Phi) is 5.59. The van der Waals surface area contributed by atoms with Crippen molar-refractivity contribution in [3.8, 4) is 11.5 Å². The van der Waals surface area contributed by atoms with Crippen molar-refractivity contribution in [2.24, 2.45) is 0 Å². The molecule has 0 saturated heterocycles. The third-order valence-electron chi connectivity index (χ3n) is 4.24. The van der Waals surface area contributed by atoms with Crippen LogP contribution in [0.4, 0.5) is 0 Å². The molecule has 8 heteroatoms. The van der Waals surface area contributed by atoms with Crippen molar-refractivity contribution >= 4 is 44.5 Å². The summed E-state index contributed by atoms with van der Waals surface area (Å²) < 4.78 is 23.4. The molecule has 3 aromatic rings. The molecule has 0 unspecified atom stereocenters. The molecule has 160 valence electrons. The van der Waals surface area contributed by atoms with Crippen molar-refractivity contribution in [2.75, 3.05) is 7.11 Å². The summed E-state index contributed by atoms with van der Waals surface area (Å²) in [7, 11) is -2.78. The molecule has 0 fully saturated rings. The van der Waals surface area contributed by atoms with Gasteiger partial charge in [0, 0.05) is 0 Å². The van der Waals surface area contributed by atoms with Crippen LogP contribution in [-0.4, -0.2) is 29.7 Å². The summed E-state index contributed by atoms with van der Waals surface area (Å²) in [6.45, 7) is 14.1. The minimum atomic E-state index is -2.06. The zero-order chi connectivity index (χ0) is 22.4. The van der Waals surface area contributed by atoms with Gasteiger partial charge in [0.15, 0.2) is 0 Å². The van der Waals surface area contributed by atoms with E-state index in [0.29, 0.717) is 28.1 Å². The largest absolute Gasteiger partial charge is 0.544 e. The highest BCUT2D eigenvalue weighted by Gasteiger charge is 2.27. The minimum Gasteiger partial charge on any atom is -0.544 e. The van der Waals surface area contributed by atoms with E-state index < -0.39 is 22.6 Å². The van der Waals surface area contributed by atoms with E-state index in [9.17, 15) is 9.59 Å². The quantitative estimate of drug-likeness (QED) is 0.295. The van der Waals surface area contributed by atoms with Crippen LogP contribution in [0.15, 0.2) is 33.5 Å². The molecule has 0 spiro atoms. The molecule has 0 amide bonds. The Bertz CT molecular complexity index is 1200. The first-order chi connectivity index (χ1) is 13.8. The molecule has 1 heterocycles. The predicted octanol–water partition coefficient (Wildman–Crippen LogP) is 5.47. The van der Waals surface area contributed by atoms with Crippen LogP contribution in [0.2, 0.25) is 39.3 Å². The van der Waals surface area contributed by atoms with E-state index >= 15 is 0 Å². The lowest BCUT2D eigenvalue weighted by Gasteiger charge is -2.22. The van der Waals surface area contributed by atoms with Gasteiger partial charge >= 0.3 is 5.97 Å². The zero-order valence-electron chi connectivity index (χ0n) is 18.8. The molecule has 2 aromatic carbocycles. The number of benzene rings is 2. The van der Waals surface area contributed by atoms with Crippen LogP contribution >= 0.6 is 0 Å². The molecular formula is C22H28O6Si2. The lowest BCUT2D eigenvalue weighted by molar-refractivity contribution is 0.0600. The van der Waals surface area contributed by atoms with Gasteiger partial charge in [-0.05, 0) is 76.0 Å². The molecule has 0 aliphatic rings. The summed E-state index contributed by atoms with van der Waals surface area (Å²) in [5.41, 5.74) is 1.41. The molecule has 0 radical (unpaired) electrons. The van der Waals surface area contributed by atoms with Crippen LogP contribution in [0.25, 0.3) is 21.9 Å². The number of hydrogen-bond acceptors (Lipinski definition) is 6. The summed E-state index contributed by atoms with van der Waals surface area (Å²) in [5, 5.41) is 0.472. The van der Waals surface area contributed by atoms with Crippen LogP contribution in [-0.2, 0) is 4.74 Å². The van der Waals surface area contributed by atoms with Gasteiger partial charge in [-0.2, -0.15) is 0 Å². The number of fused-ring (bicyclic) bond motifs is 2. The lowest BCUT2D eigenvalue weighted by Crippen LogP contribution is -2.31. The highest BCUT2D eigenvalue weighted by Crippen LogP contribution is 2.34. The zero-order valence-corrected chi connectivity index (χ0v) is 20.8. The lowest BCUT2D eigenvalue weighted by atomic mass is 10.0. The fraction of sp³-hybridized carbons (Fsp3) is 0.364. The number of carbonyl (C=O) groups excluding carboxylic acids is 1. The van der Waals surface area contributed by atoms with Gasteiger partial charge in [0.05, 0.1) is 12.5 Å². The Hall–Kier alpha value is -2.59. The number of aryl methyl sites for hydroxylation is 1. The van der Waals surface area contributed by atoms with E-state index in [2.05, 4.69) is 0 Å². The third kappa shape index (κ3) is 4.44. The molecule has 0 aliphatic carbocycles. The topological polar surface area (TPSA) is 75.0 Å². The maximum atomic E-state index is 13.7. The van der Waals surface area contributed by atoms with Crippen LogP contribution in [0.5, 0.6) is 11.5 Å². The number of hydrogen-bond donors (Lipinski definition) is 0. The predicted molar refractivity (Wildman–Crippen MR) is 124 cm³/mol. The van der Waals surface area contributed by atoms with E-state index in [-0.39, 0.29) is 16.4 Å². The van der Waals surface area contributed by atoms with Crippen LogP contribution < -0.4 is 14.3 Å². The van der Waals surface area contributed by atoms with E-state index in [0.717, 1.165) is 5.56 Å². The first-order valence-electron chi connectivity index (χ1n) is 9.81. The average Bonchev–Trinajstić information content (AvgIpc) is 2.58. The van der Waals surface area contributed by atoms with Gasteiger partial charge < -0.3 is 18.0 Å². The number of rotatable bonds is 5. The van der Waals surface area contributed by atoms with Gasteiger partial charge in [0.25, 0.3) is 0 Å². The fourth-order valence-electron chi connectivity index (χ4n) is 3.27. The SMILES string of the molecule is COC(=O)c1c(O[Si](C)(C)C)ccc2oc3cc(C)cc(O[Si](C)(C)C)c3c(=O)c12. The molecule has 0 atom stereocenters. The first kappa shape index (κ1) is 22.1. The van der Waals surface area contributed by atoms with Crippen LogP contribution in [0.1, 0.15) is 15.9 Å². The van der Waals surface area contributed by atoms with Crippen molar-refractivity contribution in [1.82, 2.24) is 0 Å². The van der Waals surface area contributed by atoms with E-state index in [4.69, 9.17) is 18.0 Å². The Morgan fingerprint density at radius 1 is 0.867 bits per heavy atom. The Labute approximate surface area is 178 Å². The average molecular weight is 445 g/mol. The monoisotopic (exact) mass is 444 g/mol. The molecule has 0 saturated carbocycles. The first-order valence-corrected chi connectivity index (χ1v) is 16.6. The molecule has 0 bridgehead atoms. The van der Waals surface area contributed by atoms with Crippen molar-refractivity contribution in [1.29, 1.82) is 0 Å². The summed E-state index contributed by atoms with van der Waals surface area (Å²) in [6, 6.07) is 6.97. The van der Waals surface area contributed by atoms with E-state index in [1.807, 2.05) is 52.3 Å². The van der Waals surface area contributed by atoms with Gasteiger partial charge in [0.2, 0.25) is 22.1 Å². The molecule has 3 rings (SSSR count). The standard InChI is InChI=1S/C22H28O6Si2/c1-13-11-16-18(17(12-13)28-30(6,7)8)21(23)19-14(26-16)9-10-15(27-29(3,4)5)20(19)22(24)25-2/h9-12H,1-8H3. The summed E-state index contributed by atoms with van der Waals surface area (Å²) in [4.78, 5) is 26.4. The smallest absolute Gasteiger partial charge is 0.342 e. The molecule has 1 aromatic heterocycles. The van der Waals surface area contributed by atoms with Gasteiger partial charge in [-0.15, -0.1) is 0 Å². The van der Waals surface area contributed by atoms with Gasteiger partial charge in [-0.1, -0.05) is 0 Å².